The maximum atomic E-state index is 12.6. The topological polar surface area (TPSA) is 13.1 Å². The molecule has 2 aromatic rings. The van der Waals surface area contributed by atoms with Gasteiger partial charge < -0.3 is 4.42 Å². The van der Waals surface area contributed by atoms with E-state index in [0.29, 0.717) is 0 Å². The molecule has 1 heterocycles. The van der Waals surface area contributed by atoms with Crippen molar-refractivity contribution in [2.45, 2.75) is 0 Å². The maximum absolute atomic E-state index is 12.6. The number of halogens is 2. The highest BCUT2D eigenvalue weighted by Crippen LogP contribution is 2.22. The van der Waals surface area contributed by atoms with Gasteiger partial charge in [-0.2, -0.15) is 0 Å². The molecular weight excluding hydrogens is 258 g/mol. The van der Waals surface area contributed by atoms with Crippen molar-refractivity contribution in [2.75, 3.05) is 0 Å². The normalized spacial score (nSPS) is 10.7. The number of furan rings is 1. The maximum Gasteiger partial charge on any atom is 0.135 e. The fraction of sp³-hybridized carbons (Fsp3) is 0. The minimum absolute atomic E-state index is 0.225. The van der Waals surface area contributed by atoms with Crippen LogP contribution in [0.25, 0.3) is 11.0 Å². The van der Waals surface area contributed by atoms with Crippen LogP contribution in [0.4, 0.5) is 4.39 Å². The van der Waals surface area contributed by atoms with E-state index in [-0.39, 0.29) is 5.82 Å². The van der Waals surface area contributed by atoms with E-state index in [1.165, 1.54) is 12.1 Å². The molecule has 0 aliphatic heterocycles. The third-order valence-corrected chi connectivity index (χ3v) is 2.32. The Bertz CT molecular complexity index is 394. The molecule has 0 amide bonds. The molecule has 0 bridgehead atoms. The van der Waals surface area contributed by atoms with Crippen LogP contribution in [0.3, 0.4) is 0 Å². The van der Waals surface area contributed by atoms with Crippen LogP contribution < -0.4 is 0 Å². The Morgan fingerprint density at radius 2 is 2.18 bits per heavy atom. The smallest absolute Gasteiger partial charge is 0.135 e. The summed E-state index contributed by atoms with van der Waals surface area (Å²) in [6.07, 6.45) is 1.62. The van der Waals surface area contributed by atoms with Gasteiger partial charge in [-0.25, -0.2) is 4.39 Å². The molecule has 0 fully saturated rings. The van der Waals surface area contributed by atoms with Crippen molar-refractivity contribution in [1.29, 1.82) is 0 Å². The summed E-state index contributed by atoms with van der Waals surface area (Å²) in [5.41, 5.74) is 0.732. The van der Waals surface area contributed by atoms with E-state index < -0.39 is 0 Å². The van der Waals surface area contributed by atoms with E-state index in [0.717, 1.165) is 14.5 Å². The fourth-order valence-corrected chi connectivity index (χ4v) is 1.52. The van der Waals surface area contributed by atoms with Gasteiger partial charge in [-0.05, 0) is 40.8 Å². The predicted octanol–water partition coefficient (Wildman–Crippen LogP) is 3.18. The van der Waals surface area contributed by atoms with E-state index in [2.05, 4.69) is 22.6 Å². The van der Waals surface area contributed by atoms with Crippen LogP contribution in [0.2, 0.25) is 0 Å². The molecule has 0 N–H and O–H groups in total. The highest BCUT2D eigenvalue weighted by molar-refractivity contribution is 14.1. The van der Waals surface area contributed by atoms with Gasteiger partial charge in [0.1, 0.15) is 17.7 Å². The number of rotatable bonds is 0. The Hall–Kier alpha value is -0.580. The number of hydrogen-bond donors (Lipinski definition) is 0. The standard InChI is InChI=1S/C8H4FIO/c9-5-1-2-8-6(3-5)7(10)4-11-8/h1-4H. The summed E-state index contributed by atoms with van der Waals surface area (Å²) in [5, 5.41) is 0.839. The van der Waals surface area contributed by atoms with Crippen LogP contribution in [0, 0.1) is 9.39 Å². The average Bonchev–Trinajstić information content (AvgIpc) is 2.33. The van der Waals surface area contributed by atoms with Crippen molar-refractivity contribution in [3.05, 3.63) is 33.8 Å². The lowest BCUT2D eigenvalue weighted by Gasteiger charge is -1.87. The summed E-state index contributed by atoms with van der Waals surface area (Å²) in [4.78, 5) is 0. The molecule has 1 aromatic carbocycles. The van der Waals surface area contributed by atoms with E-state index in [1.807, 2.05) is 0 Å². The molecule has 0 saturated heterocycles. The molecule has 0 aliphatic rings. The summed E-state index contributed by atoms with van der Waals surface area (Å²) in [6, 6.07) is 4.50. The molecule has 0 spiro atoms. The predicted molar refractivity (Wildman–Crippen MR) is 48.9 cm³/mol. The van der Waals surface area contributed by atoms with E-state index in [4.69, 9.17) is 4.42 Å². The second-order valence-corrected chi connectivity index (χ2v) is 3.39. The van der Waals surface area contributed by atoms with Gasteiger partial charge in [-0.15, -0.1) is 0 Å². The SMILES string of the molecule is Fc1ccc2occ(I)c2c1. The van der Waals surface area contributed by atoms with Gasteiger partial charge in [0.2, 0.25) is 0 Å². The first-order valence-electron chi connectivity index (χ1n) is 3.09. The van der Waals surface area contributed by atoms with Gasteiger partial charge in [0.15, 0.2) is 0 Å². The molecule has 0 unspecified atom stereocenters. The van der Waals surface area contributed by atoms with Crippen LogP contribution in [0.5, 0.6) is 0 Å². The Balaban J connectivity index is 2.87. The molecule has 0 radical (unpaired) electrons. The zero-order valence-electron chi connectivity index (χ0n) is 5.47. The lowest BCUT2D eigenvalue weighted by Crippen LogP contribution is -1.71. The molecule has 1 aromatic heterocycles. The monoisotopic (exact) mass is 262 g/mol. The molecule has 1 nitrogen and oxygen atoms in total. The van der Waals surface area contributed by atoms with Crippen molar-refractivity contribution in [2.24, 2.45) is 0 Å². The first-order valence-corrected chi connectivity index (χ1v) is 4.17. The summed E-state index contributed by atoms with van der Waals surface area (Å²) in [6.45, 7) is 0. The quantitative estimate of drug-likeness (QED) is 0.664. The highest BCUT2D eigenvalue weighted by Gasteiger charge is 2.02. The van der Waals surface area contributed by atoms with Gasteiger partial charge in [-0.1, -0.05) is 0 Å². The average molecular weight is 262 g/mol. The molecule has 3 heteroatoms. The van der Waals surface area contributed by atoms with Gasteiger partial charge in [0.25, 0.3) is 0 Å². The Labute approximate surface area is 76.3 Å². The fourth-order valence-electron chi connectivity index (χ4n) is 0.970. The third kappa shape index (κ3) is 1.13. The summed E-state index contributed by atoms with van der Waals surface area (Å²) in [5.74, 6) is -0.225. The first-order chi connectivity index (χ1) is 5.27. The zero-order chi connectivity index (χ0) is 7.84. The molecule has 56 valence electrons. The Morgan fingerprint density at radius 3 is 3.00 bits per heavy atom. The van der Waals surface area contributed by atoms with Crippen molar-refractivity contribution < 1.29 is 8.81 Å². The van der Waals surface area contributed by atoms with Gasteiger partial charge in [-0.3, -0.25) is 0 Å². The van der Waals surface area contributed by atoms with Crippen LogP contribution in [-0.4, -0.2) is 0 Å². The summed E-state index contributed by atoms with van der Waals surface area (Å²) >= 11 is 2.11. The van der Waals surface area contributed by atoms with Crippen LogP contribution >= 0.6 is 22.6 Å². The lowest BCUT2D eigenvalue weighted by atomic mass is 10.2. The molecule has 0 saturated carbocycles. The van der Waals surface area contributed by atoms with Gasteiger partial charge in [0.05, 0.1) is 3.57 Å². The minimum Gasteiger partial charge on any atom is -0.463 e. The number of hydrogen-bond acceptors (Lipinski definition) is 1. The second-order valence-electron chi connectivity index (χ2n) is 2.22. The Kier molecular flexibility index (Phi) is 1.60. The minimum atomic E-state index is -0.225. The summed E-state index contributed by atoms with van der Waals surface area (Å²) < 4.78 is 18.7. The van der Waals surface area contributed by atoms with E-state index in [1.54, 1.807) is 12.3 Å². The van der Waals surface area contributed by atoms with Crippen LogP contribution in [0.15, 0.2) is 28.9 Å². The van der Waals surface area contributed by atoms with Gasteiger partial charge in [0, 0.05) is 5.39 Å². The highest BCUT2D eigenvalue weighted by atomic mass is 127. The number of benzene rings is 1. The van der Waals surface area contributed by atoms with Gasteiger partial charge >= 0.3 is 0 Å². The largest absolute Gasteiger partial charge is 0.463 e. The molecular formula is C8H4FIO. The van der Waals surface area contributed by atoms with Crippen molar-refractivity contribution >= 4 is 33.6 Å². The lowest BCUT2D eigenvalue weighted by molar-refractivity contribution is 0.608. The second kappa shape index (κ2) is 2.48. The van der Waals surface area contributed by atoms with E-state index in [9.17, 15) is 4.39 Å². The van der Waals surface area contributed by atoms with E-state index >= 15 is 0 Å². The van der Waals surface area contributed by atoms with Crippen molar-refractivity contribution in [1.82, 2.24) is 0 Å². The molecule has 0 aliphatic carbocycles. The molecule has 0 atom stereocenters. The Morgan fingerprint density at radius 1 is 1.36 bits per heavy atom. The molecule has 11 heavy (non-hydrogen) atoms. The third-order valence-electron chi connectivity index (χ3n) is 1.49. The van der Waals surface area contributed by atoms with Crippen LogP contribution in [-0.2, 0) is 0 Å². The van der Waals surface area contributed by atoms with Crippen LogP contribution in [0.1, 0.15) is 0 Å². The zero-order valence-corrected chi connectivity index (χ0v) is 7.63. The van der Waals surface area contributed by atoms with Crippen molar-refractivity contribution in [3.63, 3.8) is 0 Å². The number of fused-ring (bicyclic) bond motifs is 1. The summed E-state index contributed by atoms with van der Waals surface area (Å²) in [7, 11) is 0. The van der Waals surface area contributed by atoms with Crippen molar-refractivity contribution in [3.8, 4) is 0 Å². The molecule has 2 rings (SSSR count). The first kappa shape index (κ1) is 7.09.